The van der Waals surface area contributed by atoms with Gasteiger partial charge in [-0.05, 0) is 48.2 Å². The highest BCUT2D eigenvalue weighted by molar-refractivity contribution is 5.97. The van der Waals surface area contributed by atoms with Crippen molar-refractivity contribution in [3.8, 4) is 0 Å². The second-order valence-electron chi connectivity index (χ2n) is 6.60. The molecule has 2 aromatic rings. The molecule has 2 rings (SSSR count). The smallest absolute Gasteiger partial charge is 0.267 e. The number of nitrogens with two attached hydrogens (primary N) is 1. The molecule has 0 aliphatic rings. The average molecular weight is 377 g/mol. The maximum Gasteiger partial charge on any atom is 0.267 e. The molecule has 0 aromatic heterocycles. The molecule has 0 atom stereocenters. The van der Waals surface area contributed by atoms with Crippen LogP contribution in [0.5, 0.6) is 0 Å². The quantitative estimate of drug-likeness (QED) is 0.464. The van der Waals surface area contributed by atoms with Crippen LogP contribution in [-0.4, -0.2) is 18.4 Å². The molecule has 5 heteroatoms. The summed E-state index contributed by atoms with van der Waals surface area (Å²) < 4.78 is 0. The third-order valence-corrected chi connectivity index (χ3v) is 4.22. The molecule has 0 radical (unpaired) electrons. The lowest BCUT2D eigenvalue weighted by Gasteiger charge is -2.19. The van der Waals surface area contributed by atoms with Gasteiger partial charge in [0, 0.05) is 13.5 Å². The zero-order valence-electron chi connectivity index (χ0n) is 16.1. The maximum absolute atomic E-state index is 12.5. The first-order valence-electron chi connectivity index (χ1n) is 9.30. The lowest BCUT2D eigenvalue weighted by molar-refractivity contribution is -0.122. The van der Waals surface area contributed by atoms with Crippen molar-refractivity contribution in [1.29, 1.82) is 0 Å². The van der Waals surface area contributed by atoms with E-state index in [1.807, 2.05) is 36.4 Å². The predicted octanol–water partition coefficient (Wildman–Crippen LogP) is 2.70. The van der Waals surface area contributed by atoms with E-state index in [9.17, 15) is 9.59 Å². The highest BCUT2D eigenvalue weighted by Crippen LogP contribution is 2.14. The van der Waals surface area contributed by atoms with Crippen molar-refractivity contribution in [1.82, 2.24) is 10.6 Å². The molecule has 0 fully saturated rings. The Kier molecular flexibility index (Phi) is 8.53. The molecule has 0 aliphatic heterocycles. The molecule has 4 N–H and O–H groups in total. The molecular formula is C23H27N3O2. The molecule has 2 amide bonds. The summed E-state index contributed by atoms with van der Waals surface area (Å²) in [6.45, 7) is 1.85. The number of hydrogen-bond donors (Lipinski definition) is 3. The summed E-state index contributed by atoms with van der Waals surface area (Å²) in [4.78, 5) is 23.9. The Hall–Kier alpha value is -3.34. The van der Waals surface area contributed by atoms with E-state index in [2.05, 4.69) is 34.9 Å². The molecule has 0 heterocycles. The molecule has 0 bridgehead atoms. The molecular weight excluding hydrogens is 350 g/mol. The van der Waals surface area contributed by atoms with Crippen molar-refractivity contribution < 1.29 is 9.59 Å². The molecule has 0 saturated carbocycles. The van der Waals surface area contributed by atoms with Gasteiger partial charge in [0.05, 0.1) is 0 Å². The summed E-state index contributed by atoms with van der Waals surface area (Å²) in [5, 5.41) is 5.48. The summed E-state index contributed by atoms with van der Waals surface area (Å²) in [6.07, 6.45) is 5.99. The van der Waals surface area contributed by atoms with E-state index in [1.54, 1.807) is 0 Å². The summed E-state index contributed by atoms with van der Waals surface area (Å²) in [7, 11) is 0. The lowest BCUT2D eigenvalue weighted by atomic mass is 9.92. The molecule has 2 aromatic carbocycles. The molecule has 5 nitrogen and oxygen atoms in total. The summed E-state index contributed by atoms with van der Waals surface area (Å²) in [6, 6.07) is 20.4. The molecule has 0 unspecified atom stereocenters. The van der Waals surface area contributed by atoms with E-state index in [-0.39, 0.29) is 23.4 Å². The van der Waals surface area contributed by atoms with Gasteiger partial charge in [0.15, 0.2) is 0 Å². The lowest BCUT2D eigenvalue weighted by Crippen LogP contribution is -2.37. The molecule has 0 aliphatic carbocycles. The minimum Gasteiger partial charge on any atom is -0.405 e. The standard InChI is InChI=1S/C23H27N3O2/c1-18(27)26-22(13-8-14-24)23(28)25-17-21(15-19-9-4-2-5-10-19)16-20-11-6-3-7-12-20/h2-14,21H,15-17,24H2,1H3,(H,25,28)(H,26,27)/b14-8-,22-13+. The van der Waals surface area contributed by atoms with Crippen molar-refractivity contribution in [3.63, 3.8) is 0 Å². The highest BCUT2D eigenvalue weighted by Gasteiger charge is 2.15. The number of rotatable bonds is 9. The summed E-state index contributed by atoms with van der Waals surface area (Å²) >= 11 is 0. The van der Waals surface area contributed by atoms with Gasteiger partial charge in [0.2, 0.25) is 5.91 Å². The number of amides is 2. The van der Waals surface area contributed by atoms with Crippen LogP contribution in [0.1, 0.15) is 18.1 Å². The second-order valence-corrected chi connectivity index (χ2v) is 6.60. The minimum absolute atomic E-state index is 0.173. The van der Waals surface area contributed by atoms with Crippen LogP contribution in [0.4, 0.5) is 0 Å². The average Bonchev–Trinajstić information content (AvgIpc) is 2.70. The third-order valence-electron chi connectivity index (χ3n) is 4.22. The van der Waals surface area contributed by atoms with Crippen LogP contribution in [0.25, 0.3) is 0 Å². The van der Waals surface area contributed by atoms with E-state index < -0.39 is 0 Å². The molecule has 0 spiro atoms. The zero-order chi connectivity index (χ0) is 20.2. The van der Waals surface area contributed by atoms with Gasteiger partial charge >= 0.3 is 0 Å². The van der Waals surface area contributed by atoms with E-state index in [0.29, 0.717) is 6.54 Å². The minimum atomic E-state index is -0.334. The van der Waals surface area contributed by atoms with Gasteiger partial charge in [0.25, 0.3) is 5.91 Å². The molecule has 146 valence electrons. The first-order chi connectivity index (χ1) is 13.6. The Labute approximate surface area is 166 Å². The van der Waals surface area contributed by atoms with E-state index in [1.165, 1.54) is 36.4 Å². The highest BCUT2D eigenvalue weighted by atomic mass is 16.2. The van der Waals surface area contributed by atoms with Crippen LogP contribution in [0.15, 0.2) is 84.7 Å². The first kappa shape index (κ1) is 21.0. The van der Waals surface area contributed by atoms with E-state index in [4.69, 9.17) is 5.73 Å². The van der Waals surface area contributed by atoms with Gasteiger partial charge in [-0.3, -0.25) is 9.59 Å². The number of nitrogens with one attached hydrogen (secondary N) is 2. The Bertz CT molecular complexity index is 773. The van der Waals surface area contributed by atoms with Crippen LogP contribution in [0.2, 0.25) is 0 Å². The molecule has 28 heavy (non-hydrogen) atoms. The summed E-state index contributed by atoms with van der Waals surface area (Å²) in [5.41, 5.74) is 7.95. The fourth-order valence-corrected chi connectivity index (χ4v) is 2.96. The Morgan fingerprint density at radius 1 is 0.964 bits per heavy atom. The van der Waals surface area contributed by atoms with E-state index in [0.717, 1.165) is 12.8 Å². The van der Waals surface area contributed by atoms with Crippen LogP contribution in [0, 0.1) is 5.92 Å². The number of carbonyl (C=O) groups excluding carboxylic acids is 2. The number of allylic oxidation sites excluding steroid dienone is 2. The monoisotopic (exact) mass is 377 g/mol. The third kappa shape index (κ3) is 7.50. The van der Waals surface area contributed by atoms with Crippen molar-refractivity contribution in [2.45, 2.75) is 19.8 Å². The number of carbonyl (C=O) groups is 2. The van der Waals surface area contributed by atoms with Crippen LogP contribution < -0.4 is 16.4 Å². The van der Waals surface area contributed by atoms with Crippen molar-refractivity contribution in [3.05, 3.63) is 95.8 Å². The first-order valence-corrected chi connectivity index (χ1v) is 9.30. The Balaban J connectivity index is 2.07. The van der Waals surface area contributed by atoms with Gasteiger partial charge in [-0.25, -0.2) is 0 Å². The SMILES string of the molecule is CC(=O)N/C(=C/C=C\N)C(=O)NCC(Cc1ccccc1)Cc1ccccc1. The van der Waals surface area contributed by atoms with Gasteiger partial charge in [-0.15, -0.1) is 0 Å². The zero-order valence-corrected chi connectivity index (χ0v) is 16.1. The predicted molar refractivity (Wildman–Crippen MR) is 112 cm³/mol. The van der Waals surface area contributed by atoms with Gasteiger partial charge < -0.3 is 16.4 Å². The normalized spacial score (nSPS) is 11.6. The van der Waals surface area contributed by atoms with E-state index >= 15 is 0 Å². The van der Waals surface area contributed by atoms with Gasteiger partial charge in [0.1, 0.15) is 5.70 Å². The van der Waals surface area contributed by atoms with Crippen LogP contribution >= 0.6 is 0 Å². The second kappa shape index (κ2) is 11.4. The Morgan fingerprint density at radius 3 is 1.96 bits per heavy atom. The van der Waals surface area contributed by atoms with Crippen molar-refractivity contribution in [2.75, 3.05) is 6.54 Å². The van der Waals surface area contributed by atoms with Gasteiger partial charge in [-0.1, -0.05) is 60.7 Å². The largest absolute Gasteiger partial charge is 0.405 e. The van der Waals surface area contributed by atoms with Crippen LogP contribution in [-0.2, 0) is 22.4 Å². The fraction of sp³-hybridized carbons (Fsp3) is 0.217. The maximum atomic E-state index is 12.5. The van der Waals surface area contributed by atoms with Gasteiger partial charge in [-0.2, -0.15) is 0 Å². The molecule has 0 saturated heterocycles. The van der Waals surface area contributed by atoms with Crippen LogP contribution in [0.3, 0.4) is 0 Å². The fourth-order valence-electron chi connectivity index (χ4n) is 2.96. The van der Waals surface area contributed by atoms with Crippen molar-refractivity contribution >= 4 is 11.8 Å². The number of hydrogen-bond acceptors (Lipinski definition) is 3. The Morgan fingerprint density at radius 2 is 1.50 bits per heavy atom. The topological polar surface area (TPSA) is 84.2 Å². The summed E-state index contributed by atoms with van der Waals surface area (Å²) in [5.74, 6) is -0.422. The number of benzene rings is 2. The van der Waals surface area contributed by atoms with Crippen molar-refractivity contribution in [2.24, 2.45) is 11.7 Å².